The van der Waals surface area contributed by atoms with Gasteiger partial charge in [0.2, 0.25) is 0 Å². The van der Waals surface area contributed by atoms with Crippen molar-refractivity contribution in [3.63, 3.8) is 0 Å². The average Bonchev–Trinajstić information content (AvgIpc) is 3.92. The van der Waals surface area contributed by atoms with Gasteiger partial charge in [0.25, 0.3) is 0 Å². The Balaban J connectivity index is 0.944. The summed E-state index contributed by atoms with van der Waals surface area (Å²) in [6.45, 7) is 0. The summed E-state index contributed by atoms with van der Waals surface area (Å²) in [6.07, 6.45) is 0. The summed E-state index contributed by atoms with van der Waals surface area (Å²) in [5, 5.41) is 10.1. The molecular weight excluding hydrogens is 759 g/mol. The van der Waals surface area contributed by atoms with E-state index >= 15 is 0 Å². The van der Waals surface area contributed by atoms with Crippen molar-refractivity contribution in [1.82, 2.24) is 15.0 Å². The van der Waals surface area contributed by atoms with Gasteiger partial charge in [-0.15, -0.1) is 0 Å². The van der Waals surface area contributed by atoms with E-state index in [4.69, 9.17) is 23.8 Å². The van der Waals surface area contributed by atoms with Crippen LogP contribution in [-0.2, 0) is 0 Å². The molecule has 13 aromatic rings. The van der Waals surface area contributed by atoms with Crippen LogP contribution in [0, 0.1) is 0 Å². The first-order valence-corrected chi connectivity index (χ1v) is 20.8. The van der Waals surface area contributed by atoms with Crippen molar-refractivity contribution in [2.45, 2.75) is 0 Å². The molecule has 0 saturated carbocycles. The van der Waals surface area contributed by atoms with E-state index in [-0.39, 0.29) is 0 Å². The number of nitrogens with zero attached hydrogens (tertiary/aromatic N) is 3. The van der Waals surface area contributed by atoms with Crippen LogP contribution in [0.25, 0.3) is 133 Å². The van der Waals surface area contributed by atoms with Crippen molar-refractivity contribution in [2.24, 2.45) is 0 Å². The first kappa shape index (κ1) is 34.5. The lowest BCUT2D eigenvalue weighted by atomic mass is 9.94. The van der Waals surface area contributed by atoms with Crippen molar-refractivity contribution < 1.29 is 8.83 Å². The SMILES string of the molecule is c1ccc(-c2nc(-c3ccc(-c4ccc5c(c4)nc(-c4ccc6ccccc6c4)c4ccc6oc7ccccc7c6c45)cc3)cc(-c3ccc4c(c3)oc3ccccc34)n2)cc1. The molecule has 0 saturated heterocycles. The van der Waals surface area contributed by atoms with Gasteiger partial charge in [-0.1, -0.05) is 146 Å². The molecular formula is C57H33N3O2. The molecule has 4 aromatic heterocycles. The van der Waals surface area contributed by atoms with Crippen LogP contribution < -0.4 is 0 Å². The highest BCUT2D eigenvalue weighted by molar-refractivity contribution is 6.28. The van der Waals surface area contributed by atoms with E-state index < -0.39 is 0 Å². The van der Waals surface area contributed by atoms with Crippen molar-refractivity contribution in [2.75, 3.05) is 0 Å². The zero-order chi connectivity index (χ0) is 40.7. The number of para-hydroxylation sites is 2. The van der Waals surface area contributed by atoms with Crippen LogP contribution in [0.1, 0.15) is 0 Å². The van der Waals surface area contributed by atoms with Gasteiger partial charge in [0, 0.05) is 60.0 Å². The maximum absolute atomic E-state index is 6.41. The summed E-state index contributed by atoms with van der Waals surface area (Å²) in [5.41, 5.74) is 13.2. The van der Waals surface area contributed by atoms with Gasteiger partial charge < -0.3 is 8.83 Å². The van der Waals surface area contributed by atoms with E-state index in [9.17, 15) is 0 Å². The fraction of sp³-hybridized carbons (Fsp3) is 0. The Labute approximate surface area is 355 Å². The van der Waals surface area contributed by atoms with Crippen LogP contribution in [0.3, 0.4) is 0 Å². The quantitative estimate of drug-likeness (QED) is 0.162. The van der Waals surface area contributed by atoms with Gasteiger partial charge in [-0.25, -0.2) is 15.0 Å². The zero-order valence-electron chi connectivity index (χ0n) is 33.2. The third kappa shape index (κ3) is 5.52. The maximum atomic E-state index is 6.41. The molecule has 0 unspecified atom stereocenters. The van der Waals surface area contributed by atoms with Crippen LogP contribution >= 0.6 is 0 Å². The summed E-state index contributed by atoms with van der Waals surface area (Å²) in [5.74, 6) is 0.668. The normalized spacial score (nSPS) is 11.9. The first-order valence-electron chi connectivity index (χ1n) is 20.8. The molecule has 0 N–H and O–H groups in total. The van der Waals surface area contributed by atoms with E-state index in [0.29, 0.717) is 5.82 Å². The fourth-order valence-electron chi connectivity index (χ4n) is 9.22. The second kappa shape index (κ2) is 13.6. The Hall–Kier alpha value is -8.41. The summed E-state index contributed by atoms with van der Waals surface area (Å²) in [7, 11) is 0. The maximum Gasteiger partial charge on any atom is 0.160 e. The smallest absolute Gasteiger partial charge is 0.160 e. The van der Waals surface area contributed by atoms with E-state index in [1.54, 1.807) is 0 Å². The van der Waals surface area contributed by atoms with Crippen LogP contribution in [0.2, 0.25) is 0 Å². The molecule has 5 heteroatoms. The second-order valence-corrected chi connectivity index (χ2v) is 15.9. The van der Waals surface area contributed by atoms with E-state index in [1.807, 2.05) is 48.5 Å². The molecule has 0 aliphatic heterocycles. The lowest BCUT2D eigenvalue weighted by Crippen LogP contribution is -1.96. The predicted octanol–water partition coefficient (Wildman–Crippen LogP) is 15.5. The van der Waals surface area contributed by atoms with Crippen LogP contribution in [0.4, 0.5) is 0 Å². The van der Waals surface area contributed by atoms with E-state index in [0.717, 1.165) is 116 Å². The largest absolute Gasteiger partial charge is 0.456 e. The molecule has 0 spiro atoms. The summed E-state index contributed by atoms with van der Waals surface area (Å²) in [4.78, 5) is 15.7. The highest BCUT2D eigenvalue weighted by Crippen LogP contribution is 2.43. The van der Waals surface area contributed by atoms with E-state index in [2.05, 4.69) is 152 Å². The van der Waals surface area contributed by atoms with Crippen LogP contribution in [-0.4, -0.2) is 15.0 Å². The van der Waals surface area contributed by atoms with Crippen LogP contribution in [0.5, 0.6) is 0 Å². The lowest BCUT2D eigenvalue weighted by molar-refractivity contribution is 0.668. The molecule has 4 heterocycles. The number of aromatic nitrogens is 3. The predicted molar refractivity (Wildman–Crippen MR) is 254 cm³/mol. The molecule has 9 aromatic carbocycles. The molecule has 0 radical (unpaired) electrons. The molecule has 0 aliphatic rings. The Kier molecular flexibility index (Phi) is 7.54. The third-order valence-corrected chi connectivity index (χ3v) is 12.3. The number of hydrogen-bond acceptors (Lipinski definition) is 5. The minimum Gasteiger partial charge on any atom is -0.456 e. The minimum absolute atomic E-state index is 0.668. The molecule has 0 fully saturated rings. The average molecular weight is 792 g/mol. The minimum atomic E-state index is 0.668. The highest BCUT2D eigenvalue weighted by atomic mass is 16.3. The third-order valence-electron chi connectivity index (χ3n) is 12.3. The van der Waals surface area contributed by atoms with Gasteiger partial charge in [0.15, 0.2) is 5.82 Å². The Morgan fingerprint density at radius 3 is 1.76 bits per heavy atom. The number of pyridine rings is 1. The standard InChI is InChI=1S/C57H33N3O2/c1-2-11-37(12-3-1)57-59-47(33-48(60-57)40-25-26-43-42-14-6-8-16-50(42)62-53(43)32-40)36-21-18-35(19-22-36)39-24-27-44-49(31-39)58-56(41-23-20-34-10-4-5-13-38(34)30-41)46-28-29-52-55(54(44)46)45-15-7-9-17-51(45)61-52/h1-33H. The van der Waals surface area contributed by atoms with Crippen LogP contribution in [0.15, 0.2) is 209 Å². The topological polar surface area (TPSA) is 65.0 Å². The molecule has 13 rings (SSSR count). The van der Waals surface area contributed by atoms with Crippen molar-refractivity contribution in [3.05, 3.63) is 200 Å². The van der Waals surface area contributed by atoms with Crippen molar-refractivity contribution in [3.8, 4) is 56.3 Å². The van der Waals surface area contributed by atoms with Gasteiger partial charge in [0.05, 0.1) is 22.6 Å². The number of hydrogen-bond donors (Lipinski definition) is 0. The number of furan rings is 2. The Morgan fingerprint density at radius 1 is 0.290 bits per heavy atom. The molecule has 62 heavy (non-hydrogen) atoms. The number of rotatable bonds is 5. The summed E-state index contributed by atoms with van der Waals surface area (Å²) in [6, 6.07) is 69.7. The zero-order valence-corrected chi connectivity index (χ0v) is 33.2. The van der Waals surface area contributed by atoms with Crippen molar-refractivity contribution in [1.29, 1.82) is 0 Å². The monoisotopic (exact) mass is 791 g/mol. The number of fused-ring (bicyclic) bond motifs is 11. The van der Waals surface area contributed by atoms with Gasteiger partial charge in [-0.2, -0.15) is 0 Å². The lowest BCUT2D eigenvalue weighted by Gasteiger charge is -2.13. The summed E-state index contributed by atoms with van der Waals surface area (Å²) >= 11 is 0. The molecule has 0 atom stereocenters. The molecule has 0 bridgehead atoms. The molecule has 288 valence electrons. The fourth-order valence-corrected chi connectivity index (χ4v) is 9.22. The molecule has 0 aliphatic carbocycles. The molecule has 5 nitrogen and oxygen atoms in total. The molecule has 0 amide bonds. The van der Waals surface area contributed by atoms with Gasteiger partial charge in [0.1, 0.15) is 22.3 Å². The highest BCUT2D eigenvalue weighted by Gasteiger charge is 2.19. The second-order valence-electron chi connectivity index (χ2n) is 15.9. The summed E-state index contributed by atoms with van der Waals surface area (Å²) < 4.78 is 12.7. The number of benzene rings is 9. The van der Waals surface area contributed by atoms with Gasteiger partial charge in [-0.3, -0.25) is 0 Å². The van der Waals surface area contributed by atoms with E-state index in [1.165, 1.54) is 10.8 Å². The first-order chi connectivity index (χ1) is 30.7. The Morgan fingerprint density at radius 2 is 0.903 bits per heavy atom. The van der Waals surface area contributed by atoms with Gasteiger partial charge in [-0.05, 0) is 76.5 Å². The van der Waals surface area contributed by atoms with Crippen molar-refractivity contribution >= 4 is 76.3 Å². The van der Waals surface area contributed by atoms with Gasteiger partial charge >= 0.3 is 0 Å². The Bertz CT molecular complexity index is 3920.